The lowest BCUT2D eigenvalue weighted by Gasteiger charge is -2.42. The van der Waals surface area contributed by atoms with E-state index in [0.29, 0.717) is 0 Å². The Hall–Kier alpha value is -3.09. The minimum atomic E-state index is -1.71. The highest BCUT2D eigenvalue weighted by Gasteiger charge is 2.48. The molecule has 2 aliphatic rings. The molecule has 1 fully saturated rings. The van der Waals surface area contributed by atoms with Gasteiger partial charge < -0.3 is 50.0 Å². The zero-order valence-electron chi connectivity index (χ0n) is 16.7. The van der Waals surface area contributed by atoms with Crippen molar-refractivity contribution in [2.24, 2.45) is 0 Å². The SMILES string of the molecule is C[C@H]1O[C@@H](O[C@H]2C(=O)c3c(O)cc(O)cc3O[C@H]2c2ccc(O)c(O)c2)[C@@H](O)[C@@H](O)[C@H]1O. The third-order valence-corrected chi connectivity index (χ3v) is 5.52. The molecule has 0 radical (unpaired) electrons. The van der Waals surface area contributed by atoms with Crippen LogP contribution in [0.3, 0.4) is 0 Å². The third-order valence-electron chi connectivity index (χ3n) is 5.52. The second kappa shape index (κ2) is 8.11. The number of carbonyl (C=O) groups is 1. The molecule has 172 valence electrons. The van der Waals surface area contributed by atoms with Crippen molar-refractivity contribution in [1.29, 1.82) is 0 Å². The van der Waals surface area contributed by atoms with Gasteiger partial charge in [0.15, 0.2) is 30.0 Å². The maximum absolute atomic E-state index is 13.3. The van der Waals surface area contributed by atoms with Crippen molar-refractivity contribution in [3.8, 4) is 28.7 Å². The van der Waals surface area contributed by atoms with Gasteiger partial charge in [0.25, 0.3) is 0 Å². The average molecular weight is 450 g/mol. The number of benzene rings is 2. The topological polar surface area (TPSA) is 186 Å². The molecule has 0 unspecified atom stereocenters. The molecular formula is C21H22O11. The van der Waals surface area contributed by atoms with Gasteiger partial charge in [-0.2, -0.15) is 0 Å². The van der Waals surface area contributed by atoms with Gasteiger partial charge in [0.2, 0.25) is 5.78 Å². The van der Waals surface area contributed by atoms with E-state index in [1.54, 1.807) is 0 Å². The van der Waals surface area contributed by atoms with Crippen LogP contribution in [0.1, 0.15) is 28.9 Å². The van der Waals surface area contributed by atoms with Gasteiger partial charge in [0.1, 0.15) is 41.1 Å². The van der Waals surface area contributed by atoms with E-state index in [-0.39, 0.29) is 22.6 Å². The summed E-state index contributed by atoms with van der Waals surface area (Å²) in [5, 5.41) is 69.7. The molecule has 0 saturated carbocycles. The molecule has 7 N–H and O–H groups in total. The van der Waals surface area contributed by atoms with Crippen molar-refractivity contribution in [3.05, 3.63) is 41.5 Å². The number of hydrogen-bond acceptors (Lipinski definition) is 11. The highest BCUT2D eigenvalue weighted by Crippen LogP contribution is 2.44. The molecule has 1 saturated heterocycles. The van der Waals surface area contributed by atoms with Crippen molar-refractivity contribution in [2.75, 3.05) is 0 Å². The fraction of sp³-hybridized carbons (Fsp3) is 0.381. The average Bonchev–Trinajstić information content (AvgIpc) is 2.73. The van der Waals surface area contributed by atoms with Crippen LogP contribution < -0.4 is 4.74 Å². The van der Waals surface area contributed by atoms with Crippen molar-refractivity contribution in [2.45, 2.75) is 49.8 Å². The molecule has 0 bridgehead atoms. The zero-order valence-corrected chi connectivity index (χ0v) is 16.7. The first-order chi connectivity index (χ1) is 15.1. The van der Waals surface area contributed by atoms with E-state index in [4.69, 9.17) is 14.2 Å². The fourth-order valence-corrected chi connectivity index (χ4v) is 3.77. The van der Waals surface area contributed by atoms with Gasteiger partial charge in [0.05, 0.1) is 6.10 Å². The Labute approximate surface area is 181 Å². The minimum Gasteiger partial charge on any atom is -0.508 e. The second-order valence-electron chi connectivity index (χ2n) is 7.73. The van der Waals surface area contributed by atoms with Gasteiger partial charge in [0, 0.05) is 12.1 Å². The van der Waals surface area contributed by atoms with Gasteiger partial charge in [-0.25, -0.2) is 0 Å². The van der Waals surface area contributed by atoms with E-state index < -0.39 is 65.9 Å². The Morgan fingerprint density at radius 3 is 2.28 bits per heavy atom. The highest BCUT2D eigenvalue weighted by molar-refractivity contribution is 6.05. The quantitative estimate of drug-likeness (QED) is 0.313. The fourth-order valence-electron chi connectivity index (χ4n) is 3.77. The molecule has 11 nitrogen and oxygen atoms in total. The number of Topliss-reactive ketones (excluding diaryl/α,β-unsaturated/α-hetero) is 1. The number of rotatable bonds is 3. The predicted molar refractivity (Wildman–Crippen MR) is 104 cm³/mol. The summed E-state index contributed by atoms with van der Waals surface area (Å²) in [6, 6.07) is 5.72. The van der Waals surface area contributed by atoms with Gasteiger partial charge >= 0.3 is 0 Å². The Bertz CT molecular complexity index is 1040. The molecule has 0 aromatic heterocycles. The van der Waals surface area contributed by atoms with Crippen molar-refractivity contribution < 1.29 is 54.8 Å². The Morgan fingerprint density at radius 1 is 0.875 bits per heavy atom. The van der Waals surface area contributed by atoms with E-state index in [2.05, 4.69) is 0 Å². The largest absolute Gasteiger partial charge is 0.508 e. The molecule has 11 heteroatoms. The maximum atomic E-state index is 13.3. The maximum Gasteiger partial charge on any atom is 0.203 e. The van der Waals surface area contributed by atoms with Crippen LogP contribution >= 0.6 is 0 Å². The number of ketones is 1. The summed E-state index contributed by atoms with van der Waals surface area (Å²) in [6.45, 7) is 1.44. The molecule has 2 aromatic rings. The molecule has 32 heavy (non-hydrogen) atoms. The van der Waals surface area contributed by atoms with Gasteiger partial charge in [-0.3, -0.25) is 4.79 Å². The first-order valence-corrected chi connectivity index (χ1v) is 9.72. The summed E-state index contributed by atoms with van der Waals surface area (Å²) >= 11 is 0. The summed E-state index contributed by atoms with van der Waals surface area (Å²) in [4.78, 5) is 13.3. The van der Waals surface area contributed by atoms with Crippen LogP contribution in [0, 0.1) is 0 Å². The lowest BCUT2D eigenvalue weighted by molar-refractivity contribution is -0.304. The van der Waals surface area contributed by atoms with E-state index in [9.17, 15) is 40.5 Å². The Balaban J connectivity index is 1.75. The van der Waals surface area contributed by atoms with E-state index in [0.717, 1.165) is 18.2 Å². The van der Waals surface area contributed by atoms with Crippen LogP contribution in [0.4, 0.5) is 0 Å². The summed E-state index contributed by atoms with van der Waals surface area (Å²) in [5.74, 6) is -2.79. The second-order valence-corrected chi connectivity index (χ2v) is 7.73. The van der Waals surface area contributed by atoms with Crippen LogP contribution in [0.15, 0.2) is 30.3 Å². The van der Waals surface area contributed by atoms with E-state index in [1.165, 1.54) is 19.1 Å². The number of ether oxygens (including phenoxy) is 3. The summed E-state index contributed by atoms with van der Waals surface area (Å²) < 4.78 is 16.9. The van der Waals surface area contributed by atoms with Crippen molar-refractivity contribution in [1.82, 2.24) is 0 Å². The number of carbonyl (C=O) groups excluding carboxylic acids is 1. The third kappa shape index (κ3) is 3.70. The first-order valence-electron chi connectivity index (χ1n) is 9.72. The lowest BCUT2D eigenvalue weighted by Crippen LogP contribution is -2.59. The predicted octanol–water partition coefficient (Wildman–Crippen LogP) is 0.0381. The van der Waals surface area contributed by atoms with Gasteiger partial charge in [-0.1, -0.05) is 6.07 Å². The summed E-state index contributed by atoms with van der Waals surface area (Å²) in [5.41, 5.74) is -0.1000. The van der Waals surface area contributed by atoms with Crippen LogP contribution in [0.5, 0.6) is 28.7 Å². The normalized spacial score (nSPS) is 32.2. The van der Waals surface area contributed by atoms with Crippen molar-refractivity contribution in [3.63, 3.8) is 0 Å². The van der Waals surface area contributed by atoms with Gasteiger partial charge in [-0.15, -0.1) is 0 Å². The van der Waals surface area contributed by atoms with Crippen LogP contribution in [0.25, 0.3) is 0 Å². The van der Waals surface area contributed by atoms with Crippen LogP contribution in [-0.2, 0) is 9.47 Å². The minimum absolute atomic E-state index is 0.154. The van der Waals surface area contributed by atoms with Crippen LogP contribution in [-0.4, -0.2) is 78.3 Å². The number of hydrogen-bond donors (Lipinski definition) is 7. The molecule has 7 atom stereocenters. The van der Waals surface area contributed by atoms with Crippen LogP contribution in [0.2, 0.25) is 0 Å². The zero-order chi connectivity index (χ0) is 23.3. The lowest BCUT2D eigenvalue weighted by atomic mass is 9.92. The number of fused-ring (bicyclic) bond motifs is 1. The molecule has 2 heterocycles. The van der Waals surface area contributed by atoms with E-state index in [1.807, 2.05) is 0 Å². The summed E-state index contributed by atoms with van der Waals surface area (Å²) in [6.07, 6.45) is -10.0. The van der Waals surface area contributed by atoms with Gasteiger partial charge in [-0.05, 0) is 24.6 Å². The number of phenolic OH excluding ortho intramolecular Hbond substituents is 4. The van der Waals surface area contributed by atoms with E-state index >= 15 is 0 Å². The molecule has 4 rings (SSSR count). The highest BCUT2D eigenvalue weighted by atomic mass is 16.7. The number of aromatic hydroxyl groups is 4. The number of aliphatic hydroxyl groups excluding tert-OH is 3. The molecular weight excluding hydrogens is 428 g/mol. The number of aliphatic hydroxyl groups is 3. The molecule has 0 aliphatic carbocycles. The summed E-state index contributed by atoms with van der Waals surface area (Å²) in [7, 11) is 0. The smallest absolute Gasteiger partial charge is 0.203 e. The standard InChI is InChI=1S/C21H22O11/c1-7-15(26)17(28)18(29)21(30-7)32-20-16(27)14-12(25)5-9(22)6-13(14)31-19(20)8-2-3-10(23)11(24)4-8/h2-7,15,17-26,28-29H,1H3/t7-,15+,17+,18+,19+,20+,21+/m1/s1. The van der Waals surface area contributed by atoms with Crippen molar-refractivity contribution >= 4 is 5.78 Å². The first kappa shape index (κ1) is 22.1. The Kier molecular flexibility index (Phi) is 5.61. The molecule has 2 aliphatic heterocycles. The molecule has 0 spiro atoms. The Morgan fingerprint density at radius 2 is 1.59 bits per heavy atom. The molecule has 0 amide bonds. The molecule has 2 aromatic carbocycles. The monoisotopic (exact) mass is 450 g/mol. The number of phenols is 4.